The van der Waals surface area contributed by atoms with Crippen LogP contribution in [0.5, 0.6) is 0 Å². The quantitative estimate of drug-likeness (QED) is 0.852. The zero-order valence-corrected chi connectivity index (χ0v) is 7.64. The molecule has 4 heteroatoms. The molecule has 2 nitrogen and oxygen atoms in total. The van der Waals surface area contributed by atoms with Crippen molar-refractivity contribution in [3.8, 4) is 0 Å². The van der Waals surface area contributed by atoms with Crippen LogP contribution >= 0.6 is 15.9 Å². The monoisotopic (exact) mass is 232 g/mol. The van der Waals surface area contributed by atoms with Crippen molar-refractivity contribution in [2.75, 3.05) is 0 Å². The maximum atomic E-state index is 12.1. The molecule has 0 fully saturated rings. The van der Waals surface area contributed by atoms with E-state index in [4.69, 9.17) is 5.11 Å². The van der Waals surface area contributed by atoms with Gasteiger partial charge in [0.15, 0.2) is 0 Å². The lowest BCUT2D eigenvalue weighted by atomic mass is 10.1. The lowest BCUT2D eigenvalue weighted by Crippen LogP contribution is -1.97. The van der Waals surface area contributed by atoms with E-state index in [1.807, 2.05) is 0 Å². The largest absolute Gasteiger partial charge is 0.478 e. The fraction of sp³-hybridized carbons (Fsp3) is 0.125. The van der Waals surface area contributed by atoms with Crippen LogP contribution in [-0.4, -0.2) is 11.1 Å². The molecule has 0 bridgehead atoms. The molecule has 12 heavy (non-hydrogen) atoms. The van der Waals surface area contributed by atoms with Gasteiger partial charge >= 0.3 is 5.97 Å². The van der Waals surface area contributed by atoms with Crippen molar-refractivity contribution in [3.63, 3.8) is 0 Å². The summed E-state index contributed by atoms with van der Waals surface area (Å²) in [6, 6.07) is 4.29. The maximum Gasteiger partial charge on any atom is 0.335 e. The second-order valence-corrected chi connectivity index (χ2v) is 3.20. The lowest BCUT2D eigenvalue weighted by molar-refractivity contribution is 0.0696. The van der Waals surface area contributed by atoms with E-state index in [1.165, 1.54) is 12.1 Å². The Bertz CT molecular complexity index is 312. The van der Waals surface area contributed by atoms with Crippen LogP contribution in [0.1, 0.15) is 15.9 Å². The first-order valence-electron chi connectivity index (χ1n) is 3.22. The van der Waals surface area contributed by atoms with Gasteiger partial charge in [0.2, 0.25) is 0 Å². The van der Waals surface area contributed by atoms with E-state index in [0.29, 0.717) is 10.0 Å². The van der Waals surface area contributed by atoms with Crippen molar-refractivity contribution in [2.24, 2.45) is 0 Å². The third-order valence-electron chi connectivity index (χ3n) is 1.36. The molecule has 1 aromatic carbocycles. The molecule has 1 rings (SSSR count). The van der Waals surface area contributed by atoms with Crippen molar-refractivity contribution in [2.45, 2.75) is 6.67 Å². The minimum Gasteiger partial charge on any atom is -0.478 e. The van der Waals surface area contributed by atoms with Gasteiger partial charge in [-0.05, 0) is 23.8 Å². The van der Waals surface area contributed by atoms with Gasteiger partial charge in [0, 0.05) is 4.47 Å². The standard InChI is InChI=1S/C8H6BrFO2/c9-7-2-5(4-10)1-6(3-7)8(11)12/h1-3H,4H2,(H,11,12). The fourth-order valence-corrected chi connectivity index (χ4v) is 1.39. The Kier molecular flexibility index (Phi) is 2.81. The average molecular weight is 233 g/mol. The van der Waals surface area contributed by atoms with Crippen LogP contribution in [0.2, 0.25) is 0 Å². The van der Waals surface area contributed by atoms with Gasteiger partial charge in [-0.25, -0.2) is 9.18 Å². The Hall–Kier alpha value is -0.900. The molecule has 1 aromatic rings. The molecule has 1 N–H and O–H groups in total. The molecule has 0 saturated carbocycles. The van der Waals surface area contributed by atoms with E-state index < -0.39 is 12.6 Å². The SMILES string of the molecule is O=C(O)c1cc(Br)cc(CF)c1. The first-order chi connectivity index (χ1) is 5.63. The van der Waals surface area contributed by atoms with Crippen molar-refractivity contribution in [3.05, 3.63) is 33.8 Å². The van der Waals surface area contributed by atoms with Gasteiger partial charge in [-0.1, -0.05) is 15.9 Å². The summed E-state index contributed by atoms with van der Waals surface area (Å²) in [4.78, 5) is 10.5. The number of halogens is 2. The highest BCUT2D eigenvalue weighted by Gasteiger charge is 2.05. The topological polar surface area (TPSA) is 37.3 Å². The van der Waals surface area contributed by atoms with Gasteiger partial charge < -0.3 is 5.11 Å². The van der Waals surface area contributed by atoms with Crippen LogP contribution < -0.4 is 0 Å². The summed E-state index contributed by atoms with van der Waals surface area (Å²) < 4.78 is 12.7. The first-order valence-corrected chi connectivity index (χ1v) is 4.01. The number of aromatic carboxylic acids is 1. The second kappa shape index (κ2) is 3.67. The van der Waals surface area contributed by atoms with Crippen LogP contribution in [0.4, 0.5) is 4.39 Å². The van der Waals surface area contributed by atoms with E-state index in [0.717, 1.165) is 0 Å². The molecule has 0 unspecified atom stereocenters. The van der Waals surface area contributed by atoms with Crippen molar-refractivity contribution < 1.29 is 14.3 Å². The minimum atomic E-state index is -1.05. The van der Waals surface area contributed by atoms with Gasteiger partial charge in [-0.3, -0.25) is 0 Å². The second-order valence-electron chi connectivity index (χ2n) is 2.29. The first kappa shape index (κ1) is 9.19. The number of carboxylic acid groups (broad SMARTS) is 1. The molecule has 0 atom stereocenters. The van der Waals surface area contributed by atoms with Crippen molar-refractivity contribution in [1.29, 1.82) is 0 Å². The van der Waals surface area contributed by atoms with Gasteiger partial charge in [-0.2, -0.15) is 0 Å². The van der Waals surface area contributed by atoms with E-state index in [2.05, 4.69) is 15.9 Å². The molecule has 0 aliphatic heterocycles. The van der Waals surface area contributed by atoms with Crippen LogP contribution in [0.15, 0.2) is 22.7 Å². The van der Waals surface area contributed by atoms with Gasteiger partial charge in [0.05, 0.1) is 5.56 Å². The molecule has 0 spiro atoms. The molecule has 0 aliphatic carbocycles. The molecule has 0 amide bonds. The summed E-state index contributed by atoms with van der Waals surface area (Å²) >= 11 is 3.09. The summed E-state index contributed by atoms with van der Waals surface area (Å²) in [5.74, 6) is -1.05. The normalized spacial score (nSPS) is 9.83. The van der Waals surface area contributed by atoms with E-state index in [1.54, 1.807) is 6.07 Å². The maximum absolute atomic E-state index is 12.1. The summed E-state index contributed by atoms with van der Waals surface area (Å²) in [5.41, 5.74) is 0.457. The van der Waals surface area contributed by atoms with Crippen LogP contribution in [0.3, 0.4) is 0 Å². The summed E-state index contributed by atoms with van der Waals surface area (Å²) in [6.45, 7) is -0.653. The summed E-state index contributed by atoms with van der Waals surface area (Å²) in [5, 5.41) is 8.59. The number of benzene rings is 1. The Morgan fingerprint density at radius 2 is 2.17 bits per heavy atom. The summed E-state index contributed by atoms with van der Waals surface area (Å²) in [6.07, 6.45) is 0. The number of alkyl halides is 1. The summed E-state index contributed by atoms with van der Waals surface area (Å²) in [7, 11) is 0. The highest BCUT2D eigenvalue weighted by molar-refractivity contribution is 9.10. The van der Waals surface area contributed by atoms with Gasteiger partial charge in [0.1, 0.15) is 6.67 Å². The number of carboxylic acids is 1. The average Bonchev–Trinajstić information content (AvgIpc) is 2.03. The van der Waals surface area contributed by atoms with Gasteiger partial charge in [0.25, 0.3) is 0 Å². The van der Waals surface area contributed by atoms with Crippen molar-refractivity contribution in [1.82, 2.24) is 0 Å². The predicted molar refractivity (Wildman–Crippen MR) is 45.9 cm³/mol. The Labute approximate surface area is 77.2 Å². The third-order valence-corrected chi connectivity index (χ3v) is 1.82. The smallest absolute Gasteiger partial charge is 0.335 e. The van der Waals surface area contributed by atoms with Crippen LogP contribution in [-0.2, 0) is 6.67 Å². The highest BCUT2D eigenvalue weighted by Crippen LogP contribution is 2.16. The Morgan fingerprint density at radius 3 is 2.67 bits per heavy atom. The predicted octanol–water partition coefficient (Wildman–Crippen LogP) is 2.62. The van der Waals surface area contributed by atoms with E-state index in [-0.39, 0.29) is 5.56 Å². The lowest BCUT2D eigenvalue weighted by Gasteiger charge is -1.99. The van der Waals surface area contributed by atoms with Crippen LogP contribution in [0.25, 0.3) is 0 Å². The zero-order valence-electron chi connectivity index (χ0n) is 6.05. The van der Waals surface area contributed by atoms with Crippen LogP contribution in [0, 0.1) is 0 Å². The number of rotatable bonds is 2. The number of hydrogen-bond donors (Lipinski definition) is 1. The highest BCUT2D eigenvalue weighted by atomic mass is 79.9. The minimum absolute atomic E-state index is 0.0945. The Balaban J connectivity index is 3.15. The molecular formula is C8H6BrFO2. The van der Waals surface area contributed by atoms with E-state index in [9.17, 15) is 9.18 Å². The van der Waals surface area contributed by atoms with Gasteiger partial charge in [-0.15, -0.1) is 0 Å². The fourth-order valence-electron chi connectivity index (χ4n) is 0.851. The molecule has 64 valence electrons. The molecule has 0 heterocycles. The molecule has 0 radical (unpaired) electrons. The third kappa shape index (κ3) is 2.04. The zero-order chi connectivity index (χ0) is 9.14. The molecule has 0 aromatic heterocycles. The molecular weight excluding hydrogens is 227 g/mol. The van der Waals surface area contributed by atoms with E-state index >= 15 is 0 Å². The Morgan fingerprint density at radius 1 is 1.50 bits per heavy atom. The molecule has 0 aliphatic rings. The number of hydrogen-bond acceptors (Lipinski definition) is 1. The number of carbonyl (C=O) groups is 1. The van der Waals surface area contributed by atoms with Crippen molar-refractivity contribution >= 4 is 21.9 Å². The molecule has 0 saturated heterocycles.